The van der Waals surface area contributed by atoms with E-state index in [-0.39, 0.29) is 5.69 Å². The average molecular weight is 332 g/mol. The Hall–Kier alpha value is -2.40. The van der Waals surface area contributed by atoms with E-state index >= 15 is 0 Å². The van der Waals surface area contributed by atoms with Crippen molar-refractivity contribution in [3.63, 3.8) is 0 Å². The lowest BCUT2D eigenvalue weighted by atomic mass is 10.2. The number of halogens is 1. The minimum Gasteiger partial charge on any atom is -0.372 e. The molecule has 0 saturated carbocycles. The summed E-state index contributed by atoms with van der Waals surface area (Å²) < 4.78 is 0. The highest BCUT2D eigenvalue weighted by molar-refractivity contribution is 6.33. The molecule has 2 aromatic carbocycles. The zero-order valence-corrected chi connectivity index (χ0v) is 13.8. The fraction of sp³-hybridized carbons (Fsp3) is 0.235. The largest absolute Gasteiger partial charge is 0.372 e. The number of hydrogen-bond donors (Lipinski definition) is 0. The molecule has 0 aliphatic carbocycles. The maximum absolute atomic E-state index is 10.8. The lowest BCUT2D eigenvalue weighted by Gasteiger charge is -2.20. The van der Waals surface area contributed by atoms with Crippen molar-refractivity contribution in [2.75, 3.05) is 18.0 Å². The maximum atomic E-state index is 10.8. The van der Waals surface area contributed by atoms with Crippen LogP contribution in [-0.4, -0.2) is 24.2 Å². The van der Waals surface area contributed by atoms with Crippen LogP contribution in [0.4, 0.5) is 17.1 Å². The normalized spacial score (nSPS) is 10.9. The van der Waals surface area contributed by atoms with Crippen LogP contribution in [0.5, 0.6) is 0 Å². The van der Waals surface area contributed by atoms with Gasteiger partial charge < -0.3 is 4.90 Å². The van der Waals surface area contributed by atoms with Crippen LogP contribution in [0.2, 0.25) is 5.02 Å². The van der Waals surface area contributed by atoms with Gasteiger partial charge in [-0.25, -0.2) is 0 Å². The van der Waals surface area contributed by atoms with E-state index in [1.165, 1.54) is 18.2 Å². The molecule has 6 heteroatoms. The Bertz CT molecular complexity index is 710. The van der Waals surface area contributed by atoms with Crippen LogP contribution in [0.3, 0.4) is 0 Å². The van der Waals surface area contributed by atoms with Crippen molar-refractivity contribution in [1.29, 1.82) is 0 Å². The fourth-order valence-electron chi connectivity index (χ4n) is 2.23. The lowest BCUT2D eigenvalue weighted by Crippen LogP contribution is -2.21. The summed E-state index contributed by atoms with van der Waals surface area (Å²) in [7, 11) is 0. The number of nitro benzene ring substituents is 1. The Morgan fingerprint density at radius 3 is 2.39 bits per heavy atom. The first-order valence-corrected chi connectivity index (χ1v) is 7.76. The highest BCUT2D eigenvalue weighted by atomic mass is 35.5. The minimum atomic E-state index is -0.452. The summed E-state index contributed by atoms with van der Waals surface area (Å²) in [5.74, 6) is 0. The van der Waals surface area contributed by atoms with Crippen LogP contribution in [0.1, 0.15) is 19.4 Å². The lowest BCUT2D eigenvalue weighted by molar-refractivity contribution is -0.384. The van der Waals surface area contributed by atoms with Gasteiger partial charge in [0.1, 0.15) is 0 Å². The van der Waals surface area contributed by atoms with Gasteiger partial charge in [-0.2, -0.15) is 0 Å². The molecule has 0 radical (unpaired) electrons. The number of anilines is 1. The van der Waals surface area contributed by atoms with E-state index < -0.39 is 4.92 Å². The zero-order valence-electron chi connectivity index (χ0n) is 13.1. The molecule has 2 aromatic rings. The quantitative estimate of drug-likeness (QED) is 0.432. The summed E-state index contributed by atoms with van der Waals surface area (Å²) in [6.07, 6.45) is 1.54. The summed E-state index contributed by atoms with van der Waals surface area (Å²) in [5.41, 5.74) is 2.42. The molecule has 0 amide bonds. The molecule has 0 atom stereocenters. The monoisotopic (exact) mass is 331 g/mol. The number of nitro groups is 1. The van der Waals surface area contributed by atoms with Gasteiger partial charge in [0.15, 0.2) is 0 Å². The second-order valence-electron chi connectivity index (χ2n) is 4.91. The number of non-ortho nitro benzene ring substituents is 1. The molecule has 0 aromatic heterocycles. The van der Waals surface area contributed by atoms with Gasteiger partial charge in [0.25, 0.3) is 5.69 Å². The third-order valence-electron chi connectivity index (χ3n) is 3.52. The van der Waals surface area contributed by atoms with E-state index in [2.05, 4.69) is 23.7 Å². The van der Waals surface area contributed by atoms with Crippen LogP contribution < -0.4 is 4.90 Å². The Morgan fingerprint density at radius 1 is 1.17 bits per heavy atom. The molecule has 2 rings (SSSR count). The van der Waals surface area contributed by atoms with Crippen molar-refractivity contribution in [2.24, 2.45) is 4.99 Å². The van der Waals surface area contributed by atoms with E-state index in [4.69, 9.17) is 11.6 Å². The first-order chi connectivity index (χ1) is 11.0. The van der Waals surface area contributed by atoms with Gasteiger partial charge in [-0.05, 0) is 44.2 Å². The fourth-order valence-corrected chi connectivity index (χ4v) is 2.39. The Morgan fingerprint density at radius 2 is 1.83 bits per heavy atom. The molecule has 0 saturated heterocycles. The van der Waals surface area contributed by atoms with E-state index in [0.717, 1.165) is 24.5 Å². The van der Waals surface area contributed by atoms with E-state index in [0.29, 0.717) is 10.6 Å². The molecule has 120 valence electrons. The molecule has 0 aliphatic rings. The molecular formula is C17H18ClN3O2. The molecule has 0 unspecified atom stereocenters. The molecule has 0 spiro atoms. The number of benzene rings is 2. The Labute approximate surface area is 140 Å². The van der Waals surface area contributed by atoms with Gasteiger partial charge in [-0.15, -0.1) is 0 Å². The third kappa shape index (κ3) is 4.29. The number of hydrogen-bond acceptors (Lipinski definition) is 4. The molecule has 0 fully saturated rings. The van der Waals surface area contributed by atoms with Crippen LogP contribution >= 0.6 is 11.6 Å². The van der Waals surface area contributed by atoms with Gasteiger partial charge in [0, 0.05) is 47.7 Å². The van der Waals surface area contributed by atoms with Gasteiger partial charge in [-0.1, -0.05) is 11.6 Å². The molecule has 0 N–H and O–H groups in total. The van der Waals surface area contributed by atoms with Crippen molar-refractivity contribution in [3.8, 4) is 0 Å². The molecule has 23 heavy (non-hydrogen) atoms. The van der Waals surface area contributed by atoms with Crippen molar-refractivity contribution in [3.05, 3.63) is 63.2 Å². The molecule has 0 aliphatic heterocycles. The van der Waals surface area contributed by atoms with Crippen LogP contribution in [0.15, 0.2) is 47.5 Å². The second kappa shape index (κ2) is 7.74. The highest BCUT2D eigenvalue weighted by Crippen LogP contribution is 2.23. The Balaban J connectivity index is 2.20. The smallest absolute Gasteiger partial charge is 0.270 e. The third-order valence-corrected chi connectivity index (χ3v) is 3.87. The SMILES string of the molecule is CCN(CC)c1ccc(N=Cc2cc([N+](=O)[O-])ccc2Cl)cc1. The highest BCUT2D eigenvalue weighted by Gasteiger charge is 2.08. The van der Waals surface area contributed by atoms with Crippen LogP contribution in [-0.2, 0) is 0 Å². The van der Waals surface area contributed by atoms with Gasteiger partial charge in [-0.3, -0.25) is 15.1 Å². The first-order valence-electron chi connectivity index (χ1n) is 7.38. The summed E-state index contributed by atoms with van der Waals surface area (Å²) in [4.78, 5) is 16.9. The number of aliphatic imine (C=N–C) groups is 1. The number of nitrogens with zero attached hydrogens (tertiary/aromatic N) is 3. The topological polar surface area (TPSA) is 58.7 Å². The maximum Gasteiger partial charge on any atom is 0.270 e. The van der Waals surface area contributed by atoms with Gasteiger partial charge in [0.2, 0.25) is 0 Å². The zero-order chi connectivity index (χ0) is 16.8. The summed E-state index contributed by atoms with van der Waals surface area (Å²) in [5, 5.41) is 11.2. The average Bonchev–Trinajstić information content (AvgIpc) is 2.56. The molecule has 0 heterocycles. The molecule has 5 nitrogen and oxygen atoms in total. The first kappa shape index (κ1) is 17.0. The Kier molecular flexibility index (Phi) is 5.71. The van der Waals surface area contributed by atoms with Gasteiger partial charge in [0.05, 0.1) is 10.6 Å². The van der Waals surface area contributed by atoms with Crippen molar-refractivity contribution in [2.45, 2.75) is 13.8 Å². The predicted octanol–water partition coefficient (Wildman–Crippen LogP) is 4.85. The van der Waals surface area contributed by atoms with Crippen molar-refractivity contribution in [1.82, 2.24) is 0 Å². The predicted molar refractivity (Wildman–Crippen MR) is 95.4 cm³/mol. The van der Waals surface area contributed by atoms with E-state index in [1.807, 2.05) is 24.3 Å². The number of rotatable bonds is 6. The van der Waals surface area contributed by atoms with Crippen molar-refractivity contribution >= 4 is 34.9 Å². The summed E-state index contributed by atoms with van der Waals surface area (Å²) in [6, 6.07) is 12.1. The van der Waals surface area contributed by atoms with E-state index in [9.17, 15) is 10.1 Å². The standard InChI is InChI=1S/C17H18ClN3O2/c1-3-20(4-2)15-7-5-14(6-8-15)19-12-13-11-16(21(22)23)9-10-17(13)18/h5-12H,3-4H2,1-2H3. The minimum absolute atomic E-state index is 0.00673. The molecular weight excluding hydrogens is 314 g/mol. The molecule has 0 bridgehead atoms. The van der Waals surface area contributed by atoms with Crippen LogP contribution in [0, 0.1) is 10.1 Å². The summed E-state index contributed by atoms with van der Waals surface area (Å²) >= 11 is 6.05. The second-order valence-corrected chi connectivity index (χ2v) is 5.32. The van der Waals surface area contributed by atoms with Crippen molar-refractivity contribution < 1.29 is 4.92 Å². The van der Waals surface area contributed by atoms with E-state index in [1.54, 1.807) is 6.21 Å². The summed E-state index contributed by atoms with van der Waals surface area (Å²) in [6.45, 7) is 6.12. The van der Waals surface area contributed by atoms with Gasteiger partial charge >= 0.3 is 0 Å². The van der Waals surface area contributed by atoms with Crippen LogP contribution in [0.25, 0.3) is 0 Å².